The van der Waals surface area contributed by atoms with Crippen molar-refractivity contribution in [3.05, 3.63) is 29.6 Å². The van der Waals surface area contributed by atoms with Crippen LogP contribution in [0.25, 0.3) is 0 Å². The molecule has 0 bridgehead atoms. The van der Waals surface area contributed by atoms with E-state index in [9.17, 15) is 8.78 Å². The monoisotopic (exact) mass is 185 g/mol. The van der Waals surface area contributed by atoms with Crippen molar-refractivity contribution in [1.82, 2.24) is 4.98 Å². The zero-order chi connectivity index (χ0) is 9.84. The number of hydrogen-bond acceptors (Lipinski definition) is 1. The predicted molar refractivity (Wildman–Crippen MR) is 47.7 cm³/mol. The first-order valence-corrected chi connectivity index (χ1v) is 4.32. The zero-order valence-corrected chi connectivity index (χ0v) is 7.80. The van der Waals surface area contributed by atoms with Gasteiger partial charge >= 0.3 is 0 Å². The summed E-state index contributed by atoms with van der Waals surface area (Å²) in [6.07, 6.45) is -0.200. The van der Waals surface area contributed by atoms with Gasteiger partial charge in [0.2, 0.25) is 0 Å². The van der Waals surface area contributed by atoms with Crippen LogP contribution in [0.3, 0.4) is 0 Å². The van der Waals surface area contributed by atoms with Crippen LogP contribution in [0.2, 0.25) is 0 Å². The van der Waals surface area contributed by atoms with Crippen LogP contribution in [0.5, 0.6) is 0 Å². The van der Waals surface area contributed by atoms with Crippen molar-refractivity contribution < 1.29 is 8.78 Å². The third-order valence-corrected chi connectivity index (χ3v) is 1.71. The summed E-state index contributed by atoms with van der Waals surface area (Å²) in [6.45, 7) is 4.12. The fourth-order valence-corrected chi connectivity index (χ4v) is 1.21. The molecule has 3 heteroatoms. The molecule has 0 aliphatic heterocycles. The van der Waals surface area contributed by atoms with Gasteiger partial charge in [0.15, 0.2) is 0 Å². The highest BCUT2D eigenvalue weighted by atomic mass is 19.3. The first-order valence-electron chi connectivity index (χ1n) is 4.32. The van der Waals surface area contributed by atoms with E-state index in [0.29, 0.717) is 5.92 Å². The molecule has 0 saturated carbocycles. The van der Waals surface area contributed by atoms with E-state index in [2.05, 4.69) is 18.8 Å². The average molecular weight is 185 g/mol. The molecule has 0 atom stereocenters. The fourth-order valence-electron chi connectivity index (χ4n) is 1.21. The second kappa shape index (κ2) is 4.30. The van der Waals surface area contributed by atoms with Crippen LogP contribution < -0.4 is 0 Å². The smallest absolute Gasteiger partial charge is 0.255 e. The summed E-state index contributed by atoms with van der Waals surface area (Å²) >= 11 is 0. The Morgan fingerprint density at radius 1 is 1.38 bits per heavy atom. The van der Waals surface area contributed by atoms with Crippen molar-refractivity contribution in [2.24, 2.45) is 5.92 Å². The molecule has 0 unspecified atom stereocenters. The number of pyridine rings is 1. The maximum Gasteiger partial charge on any atom is 0.280 e. The van der Waals surface area contributed by atoms with E-state index in [1.165, 1.54) is 12.3 Å². The summed E-state index contributed by atoms with van der Waals surface area (Å²) in [4.78, 5) is 3.60. The average Bonchev–Trinajstić information content (AvgIpc) is 2.03. The Balaban J connectivity index is 2.79. The van der Waals surface area contributed by atoms with Gasteiger partial charge in [-0.05, 0) is 30.0 Å². The maximum atomic E-state index is 12.2. The minimum atomic E-state index is -2.47. The van der Waals surface area contributed by atoms with Crippen LogP contribution in [-0.2, 0) is 6.42 Å². The van der Waals surface area contributed by atoms with Gasteiger partial charge in [-0.15, -0.1) is 0 Å². The van der Waals surface area contributed by atoms with Crippen LogP contribution in [0, 0.1) is 5.92 Å². The van der Waals surface area contributed by atoms with Crippen LogP contribution in [-0.4, -0.2) is 4.98 Å². The largest absolute Gasteiger partial charge is 0.280 e. The summed E-state index contributed by atoms with van der Waals surface area (Å²) in [5.74, 6) is 0.480. The van der Waals surface area contributed by atoms with Gasteiger partial charge in [0.05, 0.1) is 0 Å². The summed E-state index contributed by atoms with van der Waals surface area (Å²) in [5.41, 5.74) is 0.804. The van der Waals surface area contributed by atoms with Crippen molar-refractivity contribution in [3.8, 4) is 0 Å². The third-order valence-electron chi connectivity index (χ3n) is 1.71. The maximum absolute atomic E-state index is 12.2. The fraction of sp³-hybridized carbons (Fsp3) is 0.500. The van der Waals surface area contributed by atoms with Crippen LogP contribution in [0.4, 0.5) is 8.78 Å². The molecular formula is C10H13F2N. The summed E-state index contributed by atoms with van der Waals surface area (Å²) < 4.78 is 24.4. The number of hydrogen-bond donors (Lipinski definition) is 0. The van der Waals surface area contributed by atoms with E-state index in [1.807, 2.05) is 0 Å². The molecule has 0 aliphatic carbocycles. The highest BCUT2D eigenvalue weighted by Gasteiger charge is 2.08. The molecule has 0 fully saturated rings. The molecule has 72 valence electrons. The molecule has 1 aromatic heterocycles. The second-order valence-electron chi connectivity index (χ2n) is 3.49. The van der Waals surface area contributed by atoms with Crippen molar-refractivity contribution in [3.63, 3.8) is 0 Å². The number of rotatable bonds is 3. The lowest BCUT2D eigenvalue weighted by Crippen LogP contribution is -1.97. The molecule has 1 nitrogen and oxygen atoms in total. The van der Waals surface area contributed by atoms with Gasteiger partial charge < -0.3 is 0 Å². The molecule has 1 aromatic rings. The van der Waals surface area contributed by atoms with Gasteiger partial charge in [-0.1, -0.05) is 13.8 Å². The Labute approximate surface area is 76.8 Å². The molecule has 0 aliphatic rings. The molecule has 0 spiro atoms. The normalized spacial score (nSPS) is 11.2. The SMILES string of the molecule is CC(C)Cc1ccnc(C(F)F)c1. The minimum absolute atomic E-state index is 0.127. The predicted octanol–water partition coefficient (Wildman–Crippen LogP) is 3.22. The Morgan fingerprint density at radius 3 is 2.62 bits per heavy atom. The van der Waals surface area contributed by atoms with Crippen molar-refractivity contribution in [2.45, 2.75) is 26.7 Å². The van der Waals surface area contributed by atoms with Gasteiger partial charge in [0.1, 0.15) is 5.69 Å². The van der Waals surface area contributed by atoms with Gasteiger partial charge in [0, 0.05) is 6.20 Å². The lowest BCUT2D eigenvalue weighted by atomic mass is 10.0. The van der Waals surface area contributed by atoms with Crippen LogP contribution in [0.1, 0.15) is 31.5 Å². The quantitative estimate of drug-likeness (QED) is 0.704. The summed E-state index contributed by atoms with van der Waals surface area (Å²) in [6, 6.07) is 3.26. The molecular weight excluding hydrogens is 172 g/mol. The lowest BCUT2D eigenvalue weighted by Gasteiger charge is -2.05. The highest BCUT2D eigenvalue weighted by molar-refractivity contribution is 5.17. The molecule has 0 N–H and O–H groups in total. The molecule has 13 heavy (non-hydrogen) atoms. The van der Waals surface area contributed by atoms with Gasteiger partial charge in [-0.3, -0.25) is 4.98 Å². The van der Waals surface area contributed by atoms with E-state index >= 15 is 0 Å². The van der Waals surface area contributed by atoms with Gasteiger partial charge in [-0.25, -0.2) is 8.78 Å². The first kappa shape index (κ1) is 10.1. The molecule has 1 rings (SSSR count). The van der Waals surface area contributed by atoms with E-state index in [0.717, 1.165) is 12.0 Å². The molecule has 0 amide bonds. The Kier molecular flexibility index (Phi) is 3.34. The van der Waals surface area contributed by atoms with Crippen molar-refractivity contribution in [2.75, 3.05) is 0 Å². The highest BCUT2D eigenvalue weighted by Crippen LogP contribution is 2.18. The minimum Gasteiger partial charge on any atom is -0.255 e. The van der Waals surface area contributed by atoms with E-state index in [4.69, 9.17) is 0 Å². The lowest BCUT2D eigenvalue weighted by molar-refractivity contribution is 0.146. The number of nitrogens with zero attached hydrogens (tertiary/aromatic N) is 1. The van der Waals surface area contributed by atoms with Crippen molar-refractivity contribution in [1.29, 1.82) is 0 Å². The number of aromatic nitrogens is 1. The summed E-state index contributed by atoms with van der Waals surface area (Å²) in [7, 11) is 0. The Morgan fingerprint density at radius 2 is 2.08 bits per heavy atom. The van der Waals surface area contributed by atoms with E-state index in [1.54, 1.807) is 6.07 Å². The topological polar surface area (TPSA) is 12.9 Å². The first-order chi connectivity index (χ1) is 6.09. The zero-order valence-electron chi connectivity index (χ0n) is 7.80. The van der Waals surface area contributed by atoms with Crippen LogP contribution in [0.15, 0.2) is 18.3 Å². The van der Waals surface area contributed by atoms with E-state index in [-0.39, 0.29) is 5.69 Å². The molecule has 0 aromatic carbocycles. The standard InChI is InChI=1S/C10H13F2N/c1-7(2)5-8-3-4-13-9(6-8)10(11)12/h3-4,6-7,10H,5H2,1-2H3. The van der Waals surface area contributed by atoms with Crippen LogP contribution >= 0.6 is 0 Å². The molecule has 1 heterocycles. The van der Waals surface area contributed by atoms with Crippen molar-refractivity contribution >= 4 is 0 Å². The third kappa shape index (κ3) is 3.09. The number of halogens is 2. The summed E-state index contributed by atoms with van der Waals surface area (Å²) in [5, 5.41) is 0. The Bertz CT molecular complexity index is 271. The van der Waals surface area contributed by atoms with Gasteiger partial charge in [-0.2, -0.15) is 0 Å². The second-order valence-corrected chi connectivity index (χ2v) is 3.49. The molecule has 0 saturated heterocycles. The Hall–Kier alpha value is -0.990. The van der Waals surface area contributed by atoms with Gasteiger partial charge in [0.25, 0.3) is 6.43 Å². The number of alkyl halides is 2. The van der Waals surface area contributed by atoms with E-state index < -0.39 is 6.43 Å². The molecule has 0 radical (unpaired) electrons.